The van der Waals surface area contributed by atoms with E-state index in [2.05, 4.69) is 5.32 Å². The number of pyridine rings is 2. The van der Waals surface area contributed by atoms with Crippen LogP contribution in [0.15, 0.2) is 34.1 Å². The fourth-order valence-electron chi connectivity index (χ4n) is 4.66. The van der Waals surface area contributed by atoms with E-state index in [1.807, 2.05) is 13.8 Å². The molecule has 49 heavy (non-hydrogen) atoms. The minimum atomic E-state index is -1.29. The maximum Gasteiger partial charge on any atom is 0.358 e. The Morgan fingerprint density at radius 1 is 0.816 bits per heavy atom. The van der Waals surface area contributed by atoms with Crippen LogP contribution in [0.4, 0.5) is 0 Å². The number of carbonyl (C=O) groups is 2. The molecule has 2 aromatic rings. The van der Waals surface area contributed by atoms with Crippen LogP contribution >= 0.6 is 0 Å². The van der Waals surface area contributed by atoms with Gasteiger partial charge < -0.3 is 46.8 Å². The number of nitrogens with zero attached hydrogens (tertiary/aromatic N) is 2. The Labute approximate surface area is 290 Å². The number of aromatic carboxylic acids is 1. The topological polar surface area (TPSA) is 225 Å². The number of hydrogen-bond donors (Lipinski definition) is 5. The van der Waals surface area contributed by atoms with E-state index in [-0.39, 0.29) is 49.1 Å². The molecule has 2 fully saturated rings. The van der Waals surface area contributed by atoms with Crippen LogP contribution in [0.1, 0.15) is 101 Å². The van der Waals surface area contributed by atoms with Gasteiger partial charge in [-0.25, -0.2) is 4.79 Å². The number of nitrogen functional groups attached to an aromatic ring is 2. The normalized spacial score (nSPS) is 14.3. The number of amides is 1. The van der Waals surface area contributed by atoms with Crippen molar-refractivity contribution in [2.75, 3.05) is 64.4 Å². The van der Waals surface area contributed by atoms with Gasteiger partial charge >= 0.3 is 5.97 Å². The average molecular weight is 697 g/mol. The number of ether oxygens (including phenoxy) is 4. The zero-order valence-electron chi connectivity index (χ0n) is 27.6. The zero-order chi connectivity index (χ0) is 34.6. The van der Waals surface area contributed by atoms with Gasteiger partial charge in [-0.15, -0.1) is 0 Å². The van der Waals surface area contributed by atoms with Crippen molar-refractivity contribution in [2.24, 2.45) is 17.6 Å². The number of rotatable bonds is 13. The summed E-state index contributed by atoms with van der Waals surface area (Å²) in [5.74, 6) is 10.5. The Morgan fingerprint density at radius 3 is 1.65 bits per heavy atom. The van der Waals surface area contributed by atoms with Gasteiger partial charge in [-0.1, -0.05) is 41.5 Å². The van der Waals surface area contributed by atoms with Gasteiger partial charge in [0, 0.05) is 57.5 Å². The molecule has 0 unspecified atom stereocenters. The highest BCUT2D eigenvalue weighted by Gasteiger charge is 2.22. The van der Waals surface area contributed by atoms with Crippen LogP contribution in [-0.4, -0.2) is 79.1 Å². The molecule has 2 saturated heterocycles. The first-order chi connectivity index (χ1) is 22.6. The summed E-state index contributed by atoms with van der Waals surface area (Å²) in [6.07, 6.45) is 10.1. The van der Waals surface area contributed by atoms with Gasteiger partial charge in [-0.2, -0.15) is 0 Å². The van der Waals surface area contributed by atoms with Crippen molar-refractivity contribution in [2.45, 2.75) is 80.1 Å². The molecule has 2 aliphatic heterocycles. The average Bonchev–Trinajstić information content (AvgIpc) is 3.08. The molecule has 0 saturated carbocycles. The fourth-order valence-corrected chi connectivity index (χ4v) is 4.66. The van der Waals surface area contributed by atoms with E-state index in [0.717, 1.165) is 99.6 Å². The molecule has 4 heterocycles. The minimum Gasteiger partial charge on any atom is -0.487 e. The maximum absolute atomic E-state index is 12.5. The van der Waals surface area contributed by atoms with E-state index < -0.39 is 11.4 Å². The molecule has 0 spiro atoms. The number of unbranched alkanes of at least 4 members (excludes halogenated alkanes) is 2. The Hall–Kier alpha value is -4.08. The Morgan fingerprint density at radius 2 is 1.24 bits per heavy atom. The SMILES string of the molecule is C.C.CCCCOc1c(C(=O)NCC2CCOCC2)n(N)ccc1=O.CCCCOc1c(C(=O)O)n(N)ccc1=O.NCC1CCOCC1. The second kappa shape index (κ2) is 25.0. The molecule has 0 atom stereocenters. The molecular formula is C34H60N6O9. The highest BCUT2D eigenvalue weighted by Crippen LogP contribution is 2.16. The van der Waals surface area contributed by atoms with Crippen molar-refractivity contribution < 1.29 is 33.6 Å². The molecule has 2 aromatic heterocycles. The molecule has 0 aliphatic carbocycles. The predicted molar refractivity (Wildman–Crippen MR) is 191 cm³/mol. The summed E-state index contributed by atoms with van der Waals surface area (Å²) in [6, 6.07) is 2.48. The molecule has 1 amide bonds. The number of carboxylic acids is 1. The van der Waals surface area contributed by atoms with Crippen molar-refractivity contribution in [1.82, 2.24) is 14.7 Å². The van der Waals surface area contributed by atoms with Crippen LogP contribution in [0, 0.1) is 11.8 Å². The van der Waals surface area contributed by atoms with Gasteiger partial charge in [0.2, 0.25) is 10.9 Å². The van der Waals surface area contributed by atoms with Crippen LogP contribution in [0.5, 0.6) is 11.5 Å². The minimum absolute atomic E-state index is 0. The first-order valence-electron chi connectivity index (χ1n) is 16.3. The summed E-state index contributed by atoms with van der Waals surface area (Å²) >= 11 is 0. The molecule has 15 heteroatoms. The number of aromatic nitrogens is 2. The standard InChI is InChI=1S/C16H25N3O4.C10H14N2O4.C6H13NO.2CH4/c1-2-3-8-23-15-13(20)4-7-19(17)14(15)16(21)18-11-12-5-9-22-10-6-12;1-2-3-6-16-9-7(13)4-5-12(11)8(9)10(14)15;7-5-6-1-3-8-4-2-6;;/h4,7,12H,2-3,5-6,8-11,17H2,1H3,(H,18,21);4-5H,2-3,6,11H2,1H3,(H,14,15);6H,1-5,7H2;2*1H4. The summed E-state index contributed by atoms with van der Waals surface area (Å²) < 4.78 is 23.1. The summed E-state index contributed by atoms with van der Waals surface area (Å²) in [5.41, 5.74) is 4.38. The van der Waals surface area contributed by atoms with Gasteiger partial charge in [0.25, 0.3) is 5.91 Å². The Bertz CT molecular complexity index is 1350. The van der Waals surface area contributed by atoms with Gasteiger partial charge in [-0.3, -0.25) is 23.7 Å². The molecule has 0 bridgehead atoms. The smallest absolute Gasteiger partial charge is 0.358 e. The van der Waals surface area contributed by atoms with E-state index >= 15 is 0 Å². The van der Waals surface area contributed by atoms with Gasteiger partial charge in [0.1, 0.15) is 0 Å². The molecular weight excluding hydrogens is 636 g/mol. The summed E-state index contributed by atoms with van der Waals surface area (Å²) in [5, 5.41) is 11.8. The Balaban J connectivity index is 0.000000769. The van der Waals surface area contributed by atoms with Crippen molar-refractivity contribution >= 4 is 11.9 Å². The monoisotopic (exact) mass is 696 g/mol. The number of carboxylic acid groups (broad SMARTS) is 1. The van der Waals surface area contributed by atoms with Crippen molar-refractivity contribution in [3.63, 3.8) is 0 Å². The third-order valence-electron chi connectivity index (χ3n) is 7.64. The molecule has 0 aromatic carbocycles. The number of nitrogens with two attached hydrogens (primary N) is 3. The molecule has 2 aliphatic rings. The summed E-state index contributed by atoms with van der Waals surface area (Å²) in [4.78, 5) is 46.8. The molecule has 4 rings (SSSR count). The van der Waals surface area contributed by atoms with Crippen molar-refractivity contribution in [1.29, 1.82) is 0 Å². The van der Waals surface area contributed by atoms with E-state index in [1.165, 1.54) is 24.5 Å². The fraction of sp³-hybridized carbons (Fsp3) is 0.647. The van der Waals surface area contributed by atoms with Crippen LogP contribution in [0.2, 0.25) is 0 Å². The highest BCUT2D eigenvalue weighted by molar-refractivity contribution is 5.95. The number of hydrogen-bond acceptors (Lipinski definition) is 11. The second-order valence-electron chi connectivity index (χ2n) is 11.3. The van der Waals surface area contributed by atoms with Gasteiger partial charge in [0.15, 0.2) is 22.9 Å². The third kappa shape index (κ3) is 15.3. The first-order valence-corrected chi connectivity index (χ1v) is 16.3. The van der Waals surface area contributed by atoms with E-state index in [0.29, 0.717) is 25.7 Å². The largest absolute Gasteiger partial charge is 0.487 e. The van der Waals surface area contributed by atoms with Gasteiger partial charge in [-0.05, 0) is 56.9 Å². The van der Waals surface area contributed by atoms with E-state index in [9.17, 15) is 19.2 Å². The lowest BCUT2D eigenvalue weighted by molar-refractivity contribution is 0.0641. The molecule has 8 N–H and O–H groups in total. The van der Waals surface area contributed by atoms with Crippen LogP contribution in [0.25, 0.3) is 0 Å². The number of carbonyl (C=O) groups excluding carboxylic acids is 1. The Kier molecular flexibility index (Phi) is 22.9. The molecule has 0 radical (unpaired) electrons. The van der Waals surface area contributed by atoms with E-state index in [4.69, 9.17) is 41.5 Å². The lowest BCUT2D eigenvalue weighted by atomic mass is 10.0. The van der Waals surface area contributed by atoms with Crippen LogP contribution < -0.4 is 43.1 Å². The molecule has 280 valence electrons. The zero-order valence-corrected chi connectivity index (χ0v) is 27.6. The lowest BCUT2D eigenvalue weighted by Crippen LogP contribution is -2.36. The van der Waals surface area contributed by atoms with Gasteiger partial charge in [0.05, 0.1) is 13.2 Å². The maximum atomic E-state index is 12.5. The van der Waals surface area contributed by atoms with Crippen molar-refractivity contribution in [3.05, 3.63) is 56.4 Å². The highest BCUT2D eigenvalue weighted by atomic mass is 16.5. The third-order valence-corrected chi connectivity index (χ3v) is 7.64. The van der Waals surface area contributed by atoms with Crippen LogP contribution in [0.3, 0.4) is 0 Å². The quantitative estimate of drug-likeness (QED) is 0.151. The van der Waals surface area contributed by atoms with Crippen molar-refractivity contribution in [3.8, 4) is 11.5 Å². The second-order valence-corrected chi connectivity index (χ2v) is 11.3. The summed E-state index contributed by atoms with van der Waals surface area (Å²) in [7, 11) is 0. The lowest BCUT2D eigenvalue weighted by Gasteiger charge is -2.22. The summed E-state index contributed by atoms with van der Waals surface area (Å²) in [6.45, 7) is 9.33. The van der Waals surface area contributed by atoms with E-state index in [1.54, 1.807) is 0 Å². The first kappa shape index (κ1) is 44.9. The molecule has 15 nitrogen and oxygen atoms in total. The van der Waals surface area contributed by atoms with Crippen LogP contribution in [-0.2, 0) is 9.47 Å². The predicted octanol–water partition coefficient (Wildman–Crippen LogP) is 2.98. The number of nitrogens with one attached hydrogen (secondary N) is 1.